The molecule has 5 nitrogen and oxygen atoms in total. The highest BCUT2D eigenvalue weighted by molar-refractivity contribution is 5.92. The Labute approximate surface area is 111 Å². The number of aromatic nitrogens is 2. The van der Waals surface area contributed by atoms with Gasteiger partial charge in [0.1, 0.15) is 5.76 Å². The van der Waals surface area contributed by atoms with Crippen LogP contribution in [0.25, 0.3) is 0 Å². The van der Waals surface area contributed by atoms with Crippen LogP contribution in [0.2, 0.25) is 0 Å². The van der Waals surface area contributed by atoms with Crippen molar-refractivity contribution in [2.75, 3.05) is 0 Å². The second-order valence-corrected chi connectivity index (χ2v) is 5.04. The number of aryl methyl sites for hydroxylation is 2. The summed E-state index contributed by atoms with van der Waals surface area (Å²) in [6.45, 7) is 2.46. The van der Waals surface area contributed by atoms with Crippen LogP contribution in [0.5, 0.6) is 0 Å². The largest absolute Gasteiger partial charge is 0.467 e. The van der Waals surface area contributed by atoms with Crippen molar-refractivity contribution in [3.8, 4) is 0 Å². The highest BCUT2D eigenvalue weighted by Gasteiger charge is 2.34. The van der Waals surface area contributed by atoms with Gasteiger partial charge in [0.05, 0.1) is 12.8 Å². The van der Waals surface area contributed by atoms with Crippen LogP contribution < -0.4 is 0 Å². The predicted molar refractivity (Wildman–Crippen MR) is 69.5 cm³/mol. The van der Waals surface area contributed by atoms with Crippen LogP contribution >= 0.6 is 0 Å². The number of amides is 1. The highest BCUT2D eigenvalue weighted by Crippen LogP contribution is 2.29. The summed E-state index contributed by atoms with van der Waals surface area (Å²) in [5.41, 5.74) is 1.50. The van der Waals surface area contributed by atoms with E-state index in [-0.39, 0.29) is 5.91 Å². The van der Waals surface area contributed by atoms with Gasteiger partial charge in [-0.25, -0.2) is 0 Å². The van der Waals surface area contributed by atoms with Gasteiger partial charge in [0.2, 0.25) is 0 Å². The number of hydrogen-bond acceptors (Lipinski definition) is 3. The van der Waals surface area contributed by atoms with Gasteiger partial charge in [-0.2, -0.15) is 5.10 Å². The van der Waals surface area contributed by atoms with Crippen molar-refractivity contribution in [2.45, 2.75) is 32.4 Å². The van der Waals surface area contributed by atoms with Crippen molar-refractivity contribution in [3.05, 3.63) is 41.6 Å². The minimum atomic E-state index is -0.0115. The standard InChI is InChI=1S/C14H17N3O2/c1-10-8-13(15-16(10)2)14(18)17(11-5-6-11)9-12-4-3-7-19-12/h3-4,7-8,11H,5-6,9H2,1-2H3. The Morgan fingerprint density at radius 2 is 2.37 bits per heavy atom. The zero-order chi connectivity index (χ0) is 13.4. The van der Waals surface area contributed by atoms with Crippen LogP contribution in [-0.2, 0) is 13.6 Å². The van der Waals surface area contributed by atoms with Crippen LogP contribution in [0, 0.1) is 6.92 Å². The highest BCUT2D eigenvalue weighted by atomic mass is 16.3. The van der Waals surface area contributed by atoms with Gasteiger partial charge in [-0.15, -0.1) is 0 Å². The lowest BCUT2D eigenvalue weighted by molar-refractivity contribution is 0.0710. The Morgan fingerprint density at radius 3 is 2.89 bits per heavy atom. The molecule has 2 aromatic rings. The van der Waals surface area contributed by atoms with Gasteiger partial charge < -0.3 is 9.32 Å². The molecular weight excluding hydrogens is 242 g/mol. The molecule has 5 heteroatoms. The van der Waals surface area contributed by atoms with Crippen molar-refractivity contribution in [3.63, 3.8) is 0 Å². The molecule has 0 N–H and O–H groups in total. The lowest BCUT2D eigenvalue weighted by Gasteiger charge is -2.20. The molecule has 0 saturated heterocycles. The molecule has 0 unspecified atom stereocenters. The van der Waals surface area contributed by atoms with Gasteiger partial charge >= 0.3 is 0 Å². The molecule has 0 aromatic carbocycles. The van der Waals surface area contributed by atoms with Crippen LogP contribution in [0.15, 0.2) is 28.9 Å². The number of carbonyl (C=O) groups is 1. The van der Waals surface area contributed by atoms with E-state index in [1.165, 1.54) is 0 Å². The van der Waals surface area contributed by atoms with E-state index in [1.54, 1.807) is 10.9 Å². The molecule has 0 radical (unpaired) electrons. The van der Waals surface area contributed by atoms with Crippen LogP contribution in [-0.4, -0.2) is 26.6 Å². The molecule has 1 fully saturated rings. The van der Waals surface area contributed by atoms with Gasteiger partial charge in [-0.05, 0) is 38.0 Å². The fourth-order valence-corrected chi connectivity index (χ4v) is 2.14. The summed E-state index contributed by atoms with van der Waals surface area (Å²) in [6.07, 6.45) is 3.77. The second-order valence-electron chi connectivity index (χ2n) is 5.04. The summed E-state index contributed by atoms with van der Waals surface area (Å²) in [4.78, 5) is 14.4. The van der Waals surface area contributed by atoms with Crippen molar-refractivity contribution in [1.82, 2.24) is 14.7 Å². The third kappa shape index (κ3) is 2.41. The molecule has 3 rings (SSSR count). The first-order chi connectivity index (χ1) is 9.15. The molecule has 1 aliphatic rings. The van der Waals surface area contributed by atoms with E-state index in [9.17, 15) is 4.79 Å². The van der Waals surface area contributed by atoms with E-state index in [4.69, 9.17) is 4.42 Å². The van der Waals surface area contributed by atoms with Crippen molar-refractivity contribution >= 4 is 5.91 Å². The molecule has 1 aliphatic carbocycles. The Bertz CT molecular complexity index is 562. The average molecular weight is 259 g/mol. The third-order valence-corrected chi connectivity index (χ3v) is 3.49. The molecular formula is C14H17N3O2. The van der Waals surface area contributed by atoms with Crippen LogP contribution in [0.1, 0.15) is 34.8 Å². The fraction of sp³-hybridized carbons (Fsp3) is 0.429. The van der Waals surface area contributed by atoms with Gasteiger partial charge in [-0.1, -0.05) is 0 Å². The van der Waals surface area contributed by atoms with Crippen LogP contribution in [0.4, 0.5) is 0 Å². The number of rotatable bonds is 4. The van der Waals surface area contributed by atoms with Gasteiger partial charge in [0.25, 0.3) is 5.91 Å². The summed E-state index contributed by atoms with van der Waals surface area (Å²) in [7, 11) is 1.85. The summed E-state index contributed by atoms with van der Waals surface area (Å²) in [5.74, 6) is 0.801. The zero-order valence-electron chi connectivity index (χ0n) is 11.2. The third-order valence-electron chi connectivity index (χ3n) is 3.49. The lowest BCUT2D eigenvalue weighted by Crippen LogP contribution is -2.32. The van der Waals surface area contributed by atoms with E-state index in [0.29, 0.717) is 18.3 Å². The van der Waals surface area contributed by atoms with E-state index >= 15 is 0 Å². The average Bonchev–Trinajstić information content (AvgIpc) is 3.00. The molecule has 0 atom stereocenters. The Kier molecular flexibility index (Phi) is 2.89. The monoisotopic (exact) mass is 259 g/mol. The summed E-state index contributed by atoms with van der Waals surface area (Å²) in [5, 5.41) is 4.27. The topological polar surface area (TPSA) is 51.3 Å². The first kappa shape index (κ1) is 12.0. The number of furan rings is 1. The van der Waals surface area contributed by atoms with Gasteiger partial charge in [0.15, 0.2) is 5.69 Å². The number of nitrogens with zero attached hydrogens (tertiary/aromatic N) is 3. The van der Waals surface area contributed by atoms with Gasteiger partial charge in [0, 0.05) is 18.8 Å². The summed E-state index contributed by atoms with van der Waals surface area (Å²) >= 11 is 0. The van der Waals surface area contributed by atoms with E-state index < -0.39 is 0 Å². The summed E-state index contributed by atoms with van der Waals surface area (Å²) < 4.78 is 7.06. The molecule has 1 saturated carbocycles. The van der Waals surface area contributed by atoms with Crippen LogP contribution in [0.3, 0.4) is 0 Å². The quantitative estimate of drug-likeness (QED) is 0.845. The lowest BCUT2D eigenvalue weighted by atomic mass is 10.3. The minimum Gasteiger partial charge on any atom is -0.467 e. The second kappa shape index (κ2) is 4.57. The maximum Gasteiger partial charge on any atom is 0.275 e. The van der Waals surface area contributed by atoms with Crippen molar-refractivity contribution in [2.24, 2.45) is 7.05 Å². The molecule has 1 amide bonds. The Morgan fingerprint density at radius 1 is 1.58 bits per heavy atom. The fourth-order valence-electron chi connectivity index (χ4n) is 2.14. The minimum absolute atomic E-state index is 0.0115. The van der Waals surface area contributed by atoms with Crippen molar-refractivity contribution in [1.29, 1.82) is 0 Å². The molecule has 0 aliphatic heterocycles. The number of hydrogen-bond donors (Lipinski definition) is 0. The molecule has 100 valence electrons. The predicted octanol–water partition coefficient (Wildman–Crippen LogP) is 2.13. The normalized spacial score (nSPS) is 14.6. The Hall–Kier alpha value is -2.04. The Balaban J connectivity index is 1.81. The smallest absolute Gasteiger partial charge is 0.275 e. The van der Waals surface area contributed by atoms with E-state index in [2.05, 4.69) is 5.10 Å². The van der Waals surface area contributed by atoms with Crippen molar-refractivity contribution < 1.29 is 9.21 Å². The maximum absolute atomic E-state index is 12.5. The molecule has 0 bridgehead atoms. The zero-order valence-corrected chi connectivity index (χ0v) is 11.2. The number of carbonyl (C=O) groups excluding carboxylic acids is 1. The van der Waals surface area contributed by atoms with E-state index in [1.807, 2.05) is 37.1 Å². The van der Waals surface area contributed by atoms with Gasteiger partial charge in [-0.3, -0.25) is 9.48 Å². The van der Waals surface area contributed by atoms with E-state index in [0.717, 1.165) is 24.3 Å². The first-order valence-corrected chi connectivity index (χ1v) is 6.49. The first-order valence-electron chi connectivity index (χ1n) is 6.49. The summed E-state index contributed by atoms with van der Waals surface area (Å²) in [6, 6.07) is 5.90. The maximum atomic E-state index is 12.5. The molecule has 19 heavy (non-hydrogen) atoms. The molecule has 2 heterocycles. The SMILES string of the molecule is Cc1cc(C(=O)N(Cc2ccco2)C2CC2)nn1C. The molecule has 2 aromatic heterocycles. The molecule has 0 spiro atoms.